The van der Waals surface area contributed by atoms with E-state index in [9.17, 15) is 4.79 Å². The van der Waals surface area contributed by atoms with Crippen molar-refractivity contribution in [3.05, 3.63) is 48.5 Å². The highest BCUT2D eigenvalue weighted by Crippen LogP contribution is 2.29. The Kier molecular flexibility index (Phi) is 5.29. The molecule has 2 bridgehead atoms. The third-order valence-corrected chi connectivity index (χ3v) is 5.45. The van der Waals surface area contributed by atoms with Gasteiger partial charge in [0.25, 0.3) is 0 Å². The Morgan fingerprint density at radius 2 is 2.00 bits per heavy atom. The number of hydrogen-bond donors (Lipinski definition) is 0. The standard InChI is InChI=1S/C20H26N6O/c1-24(11-16-4-2-7-21-10-16)15-19(27)26-13-17-5-6-18(26)14-25(12-17)20-22-8-3-9-23-20/h2-4,7-10,17-18H,5-6,11-15H2,1H3/t17-,18+/m0/s1. The molecule has 0 radical (unpaired) electrons. The largest absolute Gasteiger partial charge is 0.338 e. The highest BCUT2D eigenvalue weighted by Gasteiger charge is 2.37. The highest BCUT2D eigenvalue weighted by atomic mass is 16.2. The molecule has 0 aliphatic carbocycles. The fourth-order valence-electron chi connectivity index (χ4n) is 4.19. The van der Waals surface area contributed by atoms with Gasteiger partial charge in [0.1, 0.15) is 0 Å². The van der Waals surface area contributed by atoms with Crippen LogP contribution in [0.15, 0.2) is 43.0 Å². The zero-order valence-corrected chi connectivity index (χ0v) is 15.7. The number of nitrogens with zero attached hydrogens (tertiary/aromatic N) is 6. The first kappa shape index (κ1) is 17.9. The van der Waals surface area contributed by atoms with Gasteiger partial charge in [-0.2, -0.15) is 0 Å². The number of piperidine rings is 1. The van der Waals surface area contributed by atoms with Crippen molar-refractivity contribution < 1.29 is 4.79 Å². The predicted molar refractivity (Wildman–Crippen MR) is 103 cm³/mol. The Morgan fingerprint density at radius 1 is 1.15 bits per heavy atom. The van der Waals surface area contributed by atoms with Crippen LogP contribution >= 0.6 is 0 Å². The third kappa shape index (κ3) is 4.24. The van der Waals surface area contributed by atoms with Gasteiger partial charge in [-0.3, -0.25) is 14.7 Å². The molecule has 2 atom stereocenters. The number of carbonyl (C=O) groups excluding carboxylic acids is 1. The van der Waals surface area contributed by atoms with E-state index in [1.165, 1.54) is 6.42 Å². The molecule has 7 nitrogen and oxygen atoms in total. The van der Waals surface area contributed by atoms with Crippen molar-refractivity contribution >= 4 is 11.9 Å². The number of anilines is 1. The van der Waals surface area contributed by atoms with Crippen molar-refractivity contribution in [2.75, 3.05) is 38.1 Å². The number of fused-ring (bicyclic) bond motifs is 4. The second kappa shape index (κ2) is 8.00. The van der Waals surface area contributed by atoms with E-state index in [0.29, 0.717) is 12.5 Å². The molecule has 2 aromatic rings. The Labute approximate surface area is 160 Å². The quantitative estimate of drug-likeness (QED) is 0.798. The monoisotopic (exact) mass is 366 g/mol. The lowest BCUT2D eigenvalue weighted by Crippen LogP contribution is -2.50. The lowest BCUT2D eigenvalue weighted by molar-refractivity contribution is -0.136. The smallest absolute Gasteiger partial charge is 0.237 e. The number of hydrogen-bond acceptors (Lipinski definition) is 6. The van der Waals surface area contributed by atoms with Crippen LogP contribution in [0, 0.1) is 5.92 Å². The average molecular weight is 366 g/mol. The minimum Gasteiger partial charge on any atom is -0.338 e. The van der Waals surface area contributed by atoms with Gasteiger partial charge in [0, 0.05) is 57.0 Å². The van der Waals surface area contributed by atoms with Crippen LogP contribution in [-0.2, 0) is 11.3 Å². The molecule has 3 aliphatic heterocycles. The van der Waals surface area contributed by atoms with Crippen molar-refractivity contribution in [2.24, 2.45) is 5.92 Å². The Bertz CT molecular complexity index is 756. The number of amides is 1. The summed E-state index contributed by atoms with van der Waals surface area (Å²) in [5.41, 5.74) is 1.12. The molecular weight excluding hydrogens is 340 g/mol. The zero-order chi connectivity index (χ0) is 18.6. The van der Waals surface area contributed by atoms with Gasteiger partial charge in [0.05, 0.1) is 6.54 Å². The molecular formula is C20H26N6O. The van der Waals surface area contributed by atoms with Crippen molar-refractivity contribution in [3.8, 4) is 0 Å². The van der Waals surface area contributed by atoms with E-state index in [1.54, 1.807) is 18.6 Å². The molecule has 0 aromatic carbocycles. The average Bonchev–Trinajstić information content (AvgIpc) is 3.01. The molecule has 7 heteroatoms. The third-order valence-electron chi connectivity index (χ3n) is 5.45. The topological polar surface area (TPSA) is 65.5 Å². The maximum atomic E-state index is 13.0. The minimum absolute atomic E-state index is 0.215. The second-order valence-electron chi connectivity index (χ2n) is 7.63. The molecule has 3 fully saturated rings. The van der Waals surface area contributed by atoms with Gasteiger partial charge in [-0.15, -0.1) is 0 Å². The minimum atomic E-state index is 0.215. The van der Waals surface area contributed by atoms with Crippen LogP contribution in [0.1, 0.15) is 18.4 Å². The zero-order valence-electron chi connectivity index (χ0n) is 15.7. The molecule has 3 saturated heterocycles. The van der Waals surface area contributed by atoms with E-state index in [4.69, 9.17) is 0 Å². The summed E-state index contributed by atoms with van der Waals surface area (Å²) in [7, 11) is 1.99. The summed E-state index contributed by atoms with van der Waals surface area (Å²) in [6.45, 7) is 3.74. The van der Waals surface area contributed by atoms with Crippen molar-refractivity contribution in [1.82, 2.24) is 24.8 Å². The van der Waals surface area contributed by atoms with Crippen LogP contribution in [0.5, 0.6) is 0 Å². The van der Waals surface area contributed by atoms with Crippen LogP contribution in [0.3, 0.4) is 0 Å². The maximum absolute atomic E-state index is 13.0. The lowest BCUT2D eigenvalue weighted by Gasteiger charge is -2.37. The molecule has 3 aliphatic rings. The summed E-state index contributed by atoms with van der Waals surface area (Å²) in [4.78, 5) is 32.4. The van der Waals surface area contributed by atoms with Crippen molar-refractivity contribution in [1.29, 1.82) is 0 Å². The molecule has 0 unspecified atom stereocenters. The van der Waals surface area contributed by atoms with E-state index in [-0.39, 0.29) is 11.9 Å². The van der Waals surface area contributed by atoms with Gasteiger partial charge >= 0.3 is 0 Å². The summed E-state index contributed by atoms with van der Waals surface area (Å²) < 4.78 is 0. The first-order valence-corrected chi connectivity index (χ1v) is 9.58. The molecule has 5 heterocycles. The van der Waals surface area contributed by atoms with E-state index in [2.05, 4.69) is 29.7 Å². The predicted octanol–water partition coefficient (Wildman–Crippen LogP) is 1.43. The van der Waals surface area contributed by atoms with Crippen molar-refractivity contribution in [2.45, 2.75) is 25.4 Å². The van der Waals surface area contributed by atoms with E-state index < -0.39 is 0 Å². The van der Waals surface area contributed by atoms with Crippen LogP contribution < -0.4 is 4.90 Å². The highest BCUT2D eigenvalue weighted by molar-refractivity contribution is 5.79. The number of carbonyl (C=O) groups is 1. The van der Waals surface area contributed by atoms with Crippen LogP contribution in [0.2, 0.25) is 0 Å². The summed E-state index contributed by atoms with van der Waals surface area (Å²) in [6.07, 6.45) is 9.42. The second-order valence-corrected chi connectivity index (χ2v) is 7.63. The Hall–Kier alpha value is -2.54. The summed E-state index contributed by atoms with van der Waals surface area (Å²) in [6, 6.07) is 6.05. The lowest BCUT2D eigenvalue weighted by atomic mass is 9.95. The molecule has 2 aromatic heterocycles. The number of pyridine rings is 1. The fraction of sp³-hybridized carbons (Fsp3) is 0.500. The van der Waals surface area contributed by atoms with Gasteiger partial charge in [-0.05, 0) is 43.5 Å². The van der Waals surface area contributed by atoms with Gasteiger partial charge in [-0.25, -0.2) is 9.97 Å². The van der Waals surface area contributed by atoms with E-state index in [1.807, 2.05) is 31.4 Å². The summed E-state index contributed by atoms with van der Waals surface area (Å²) in [5.74, 6) is 1.48. The van der Waals surface area contributed by atoms with Gasteiger partial charge in [0.15, 0.2) is 0 Å². The van der Waals surface area contributed by atoms with Crippen LogP contribution in [0.4, 0.5) is 5.95 Å². The molecule has 5 rings (SSSR count). The molecule has 142 valence electrons. The number of aromatic nitrogens is 3. The van der Waals surface area contributed by atoms with E-state index >= 15 is 0 Å². The molecule has 27 heavy (non-hydrogen) atoms. The van der Waals surface area contributed by atoms with Crippen LogP contribution in [0.25, 0.3) is 0 Å². The van der Waals surface area contributed by atoms with Gasteiger partial charge in [0.2, 0.25) is 11.9 Å². The summed E-state index contributed by atoms with van der Waals surface area (Å²) in [5, 5.41) is 0. The molecule has 0 saturated carbocycles. The van der Waals surface area contributed by atoms with E-state index in [0.717, 1.165) is 44.1 Å². The number of rotatable bonds is 5. The van der Waals surface area contributed by atoms with Crippen molar-refractivity contribution in [3.63, 3.8) is 0 Å². The van der Waals surface area contributed by atoms with Gasteiger partial charge in [-0.1, -0.05) is 6.07 Å². The first-order chi connectivity index (χ1) is 13.2. The molecule has 0 spiro atoms. The molecule has 0 N–H and O–H groups in total. The summed E-state index contributed by atoms with van der Waals surface area (Å²) >= 11 is 0. The fourth-order valence-corrected chi connectivity index (χ4v) is 4.19. The molecule has 1 amide bonds. The van der Waals surface area contributed by atoms with Gasteiger partial charge < -0.3 is 9.80 Å². The normalized spacial score (nSPS) is 22.1. The SMILES string of the molecule is CN(CC(=O)N1C[C@H]2CC[C@@H]1CN(c1ncccn1)C2)Cc1cccnc1. The number of likely N-dealkylation sites (N-methyl/N-ethyl adjacent to an activating group) is 1. The van der Waals surface area contributed by atoms with Crippen LogP contribution in [-0.4, -0.2) is 69.9 Å². The Balaban J connectivity index is 1.39. The Morgan fingerprint density at radius 3 is 2.78 bits per heavy atom. The maximum Gasteiger partial charge on any atom is 0.237 e. The first-order valence-electron chi connectivity index (χ1n) is 9.58.